The lowest BCUT2D eigenvalue weighted by molar-refractivity contribution is 0.121. The van der Waals surface area contributed by atoms with Gasteiger partial charge in [-0.3, -0.25) is 0 Å². The topological polar surface area (TPSA) is 70.6 Å². The van der Waals surface area contributed by atoms with E-state index in [2.05, 4.69) is 22.8 Å². The van der Waals surface area contributed by atoms with Gasteiger partial charge in [0.1, 0.15) is 5.75 Å². The number of fused-ring (bicyclic) bond motifs is 1. The maximum Gasteiger partial charge on any atom is 0.315 e. The molecular weight excluding hydrogens is 292 g/mol. The highest BCUT2D eigenvalue weighted by atomic mass is 16.5. The molecule has 126 valence electrons. The Morgan fingerprint density at radius 3 is 3.17 bits per heavy atom. The Labute approximate surface area is 137 Å². The third kappa shape index (κ3) is 3.61. The molecule has 2 amide bonds. The van der Waals surface area contributed by atoms with Gasteiger partial charge < -0.3 is 20.5 Å². The summed E-state index contributed by atoms with van der Waals surface area (Å²) >= 11 is 0. The first-order valence-electron chi connectivity index (χ1n) is 8.50. The Bertz CT molecular complexity index is 575. The van der Waals surface area contributed by atoms with E-state index >= 15 is 0 Å². The number of hydrogen-bond acceptors (Lipinski definition) is 3. The molecule has 1 aliphatic heterocycles. The summed E-state index contributed by atoms with van der Waals surface area (Å²) in [6.07, 6.45) is 4.74. The molecule has 1 fully saturated rings. The van der Waals surface area contributed by atoms with Crippen molar-refractivity contribution >= 4 is 6.03 Å². The van der Waals surface area contributed by atoms with Gasteiger partial charge in [-0.25, -0.2) is 4.79 Å². The van der Waals surface area contributed by atoms with Gasteiger partial charge >= 0.3 is 6.03 Å². The third-order valence-electron chi connectivity index (χ3n) is 5.20. The van der Waals surface area contributed by atoms with Crippen LogP contribution >= 0.6 is 0 Å². The molecule has 23 heavy (non-hydrogen) atoms. The predicted molar refractivity (Wildman–Crippen MR) is 88.7 cm³/mol. The van der Waals surface area contributed by atoms with E-state index in [0.29, 0.717) is 6.54 Å². The zero-order chi connectivity index (χ0) is 16.3. The molecule has 0 saturated heterocycles. The molecule has 2 unspecified atom stereocenters. The molecule has 1 aliphatic carbocycles. The molecule has 0 aromatic heterocycles. The van der Waals surface area contributed by atoms with Crippen LogP contribution in [0, 0.1) is 5.41 Å². The fourth-order valence-corrected chi connectivity index (χ4v) is 3.59. The summed E-state index contributed by atoms with van der Waals surface area (Å²) in [5.74, 6) is 0.990. The number of urea groups is 1. The first-order valence-corrected chi connectivity index (χ1v) is 8.50. The normalized spacial score (nSPS) is 25.7. The van der Waals surface area contributed by atoms with Gasteiger partial charge in [-0.05, 0) is 36.5 Å². The average molecular weight is 318 g/mol. The van der Waals surface area contributed by atoms with Gasteiger partial charge in [-0.1, -0.05) is 25.5 Å². The molecule has 1 aromatic rings. The SMILES string of the molecule is CC1(CO)CCCC1NC(=O)NCCc1ccc2c(c1)CCO2. The largest absolute Gasteiger partial charge is 0.493 e. The van der Waals surface area contributed by atoms with Gasteiger partial charge in [0.15, 0.2) is 0 Å². The lowest BCUT2D eigenvalue weighted by Crippen LogP contribution is -2.48. The second kappa shape index (κ2) is 6.79. The summed E-state index contributed by atoms with van der Waals surface area (Å²) in [7, 11) is 0. The molecule has 3 rings (SSSR count). The van der Waals surface area contributed by atoms with E-state index in [0.717, 1.165) is 44.5 Å². The summed E-state index contributed by atoms with van der Waals surface area (Å²) in [4.78, 5) is 12.1. The molecule has 1 saturated carbocycles. The molecule has 3 N–H and O–H groups in total. The van der Waals surface area contributed by atoms with Gasteiger partial charge in [0.05, 0.1) is 13.2 Å². The molecule has 5 heteroatoms. The molecule has 2 aliphatic rings. The lowest BCUT2D eigenvalue weighted by Gasteiger charge is -2.30. The van der Waals surface area contributed by atoms with Crippen molar-refractivity contribution in [3.05, 3.63) is 29.3 Å². The number of nitrogens with one attached hydrogen (secondary N) is 2. The van der Waals surface area contributed by atoms with Crippen LogP contribution in [-0.2, 0) is 12.8 Å². The average Bonchev–Trinajstić information content (AvgIpc) is 3.14. The van der Waals surface area contributed by atoms with Crippen LogP contribution in [0.4, 0.5) is 4.79 Å². The summed E-state index contributed by atoms with van der Waals surface area (Å²) in [5.41, 5.74) is 2.30. The molecule has 1 aromatic carbocycles. The number of hydrogen-bond donors (Lipinski definition) is 3. The minimum atomic E-state index is -0.183. The fourth-order valence-electron chi connectivity index (χ4n) is 3.59. The summed E-state index contributed by atoms with van der Waals surface area (Å²) < 4.78 is 5.50. The highest BCUT2D eigenvalue weighted by Crippen LogP contribution is 2.37. The van der Waals surface area contributed by atoms with Crippen molar-refractivity contribution in [3.63, 3.8) is 0 Å². The Balaban J connectivity index is 1.44. The molecule has 1 heterocycles. The maximum absolute atomic E-state index is 12.1. The lowest BCUT2D eigenvalue weighted by atomic mass is 9.86. The second-order valence-electron chi connectivity index (χ2n) is 6.95. The van der Waals surface area contributed by atoms with E-state index < -0.39 is 0 Å². The van der Waals surface area contributed by atoms with Crippen molar-refractivity contribution in [2.45, 2.75) is 45.1 Å². The minimum Gasteiger partial charge on any atom is -0.493 e. The standard InChI is InChI=1S/C18H26N2O3/c1-18(12-21)8-2-3-16(18)20-17(22)19-9-6-13-4-5-15-14(11-13)7-10-23-15/h4-5,11,16,21H,2-3,6-10,12H2,1H3,(H2,19,20,22). The number of aliphatic hydroxyl groups excluding tert-OH is 1. The van der Waals surface area contributed by atoms with Gasteiger partial charge in [-0.15, -0.1) is 0 Å². The van der Waals surface area contributed by atoms with E-state index in [-0.39, 0.29) is 24.1 Å². The summed E-state index contributed by atoms with van der Waals surface area (Å²) in [6.45, 7) is 3.53. The smallest absolute Gasteiger partial charge is 0.315 e. The third-order valence-corrected chi connectivity index (χ3v) is 5.20. The first kappa shape index (κ1) is 16.1. The molecule has 0 bridgehead atoms. The Morgan fingerprint density at radius 2 is 2.35 bits per heavy atom. The number of benzene rings is 1. The number of carbonyl (C=O) groups is 1. The molecule has 5 nitrogen and oxygen atoms in total. The van der Waals surface area contributed by atoms with Crippen molar-refractivity contribution in [1.29, 1.82) is 0 Å². The van der Waals surface area contributed by atoms with Crippen LogP contribution in [-0.4, -0.2) is 36.9 Å². The second-order valence-corrected chi connectivity index (χ2v) is 6.95. The fraction of sp³-hybridized carbons (Fsp3) is 0.611. The summed E-state index contributed by atoms with van der Waals surface area (Å²) in [5, 5.41) is 15.5. The Morgan fingerprint density at radius 1 is 1.48 bits per heavy atom. The van der Waals surface area contributed by atoms with Crippen LogP contribution in [0.1, 0.15) is 37.3 Å². The van der Waals surface area contributed by atoms with Crippen LogP contribution in [0.5, 0.6) is 5.75 Å². The van der Waals surface area contributed by atoms with Crippen molar-refractivity contribution < 1.29 is 14.6 Å². The number of aliphatic hydroxyl groups is 1. The Kier molecular flexibility index (Phi) is 4.76. The van der Waals surface area contributed by atoms with Crippen molar-refractivity contribution in [2.75, 3.05) is 19.8 Å². The highest BCUT2D eigenvalue weighted by Gasteiger charge is 2.39. The van der Waals surface area contributed by atoms with Crippen LogP contribution in [0.2, 0.25) is 0 Å². The zero-order valence-electron chi connectivity index (χ0n) is 13.7. The van der Waals surface area contributed by atoms with Gasteiger partial charge in [0, 0.05) is 24.4 Å². The van der Waals surface area contributed by atoms with E-state index in [1.807, 2.05) is 13.0 Å². The number of ether oxygens (including phenoxy) is 1. The van der Waals surface area contributed by atoms with E-state index in [1.54, 1.807) is 0 Å². The van der Waals surface area contributed by atoms with Crippen molar-refractivity contribution in [1.82, 2.24) is 10.6 Å². The van der Waals surface area contributed by atoms with E-state index in [4.69, 9.17) is 4.74 Å². The van der Waals surface area contributed by atoms with Gasteiger partial charge in [0.2, 0.25) is 0 Å². The molecular formula is C18H26N2O3. The van der Waals surface area contributed by atoms with Gasteiger partial charge in [-0.2, -0.15) is 0 Å². The van der Waals surface area contributed by atoms with Crippen molar-refractivity contribution in [2.24, 2.45) is 5.41 Å². The van der Waals surface area contributed by atoms with Gasteiger partial charge in [0.25, 0.3) is 0 Å². The maximum atomic E-state index is 12.1. The predicted octanol–water partition coefficient (Wildman–Crippen LogP) is 2.01. The van der Waals surface area contributed by atoms with Crippen molar-refractivity contribution in [3.8, 4) is 5.75 Å². The molecule has 0 radical (unpaired) electrons. The highest BCUT2D eigenvalue weighted by molar-refractivity contribution is 5.74. The van der Waals surface area contributed by atoms with Crippen LogP contribution in [0.15, 0.2) is 18.2 Å². The van der Waals surface area contributed by atoms with E-state index in [1.165, 1.54) is 11.1 Å². The quantitative estimate of drug-likeness (QED) is 0.778. The monoisotopic (exact) mass is 318 g/mol. The Hall–Kier alpha value is -1.75. The molecule has 0 spiro atoms. The van der Waals surface area contributed by atoms with Crippen LogP contribution < -0.4 is 15.4 Å². The first-order chi connectivity index (χ1) is 11.1. The van der Waals surface area contributed by atoms with Crippen LogP contribution in [0.25, 0.3) is 0 Å². The number of rotatable bonds is 5. The number of carbonyl (C=O) groups excluding carboxylic acids is 1. The zero-order valence-corrected chi connectivity index (χ0v) is 13.7. The van der Waals surface area contributed by atoms with Crippen LogP contribution in [0.3, 0.4) is 0 Å². The van der Waals surface area contributed by atoms with E-state index in [9.17, 15) is 9.90 Å². The number of amides is 2. The summed E-state index contributed by atoms with van der Waals surface area (Å²) in [6, 6.07) is 6.17. The molecule has 2 atom stereocenters. The minimum absolute atomic E-state index is 0.0599.